The smallest absolute Gasteiger partial charge is 0.134 e. The van der Waals surface area contributed by atoms with E-state index in [4.69, 9.17) is 0 Å². The number of nitrogens with one attached hydrogen (secondary N) is 2. The summed E-state index contributed by atoms with van der Waals surface area (Å²) < 4.78 is 0. The van der Waals surface area contributed by atoms with E-state index in [9.17, 15) is 5.11 Å². The van der Waals surface area contributed by atoms with Gasteiger partial charge in [-0.15, -0.1) is 0 Å². The molecule has 1 saturated carbocycles. The van der Waals surface area contributed by atoms with Gasteiger partial charge in [0.15, 0.2) is 0 Å². The topological polar surface area (TPSA) is 70.1 Å². The molecule has 2 rings (SSSR count). The van der Waals surface area contributed by atoms with Crippen LogP contribution < -0.4 is 10.6 Å². The van der Waals surface area contributed by atoms with Gasteiger partial charge in [0.05, 0.1) is 5.60 Å². The van der Waals surface area contributed by atoms with E-state index in [1.807, 2.05) is 0 Å². The zero-order valence-electron chi connectivity index (χ0n) is 11.9. The van der Waals surface area contributed by atoms with E-state index in [1.165, 1.54) is 0 Å². The summed E-state index contributed by atoms with van der Waals surface area (Å²) in [5.74, 6) is 1.73. The third-order valence-corrected chi connectivity index (χ3v) is 3.76. The number of anilines is 2. The fourth-order valence-corrected chi connectivity index (χ4v) is 2.68. The van der Waals surface area contributed by atoms with Crippen molar-refractivity contribution in [2.75, 3.05) is 23.7 Å². The molecule has 1 aromatic heterocycles. The fraction of sp³-hybridized carbons (Fsp3) is 0.714. The molecule has 5 heteroatoms. The zero-order chi connectivity index (χ0) is 13.7. The van der Waals surface area contributed by atoms with Gasteiger partial charge in [-0.05, 0) is 26.2 Å². The molecule has 0 aliphatic heterocycles. The molecule has 1 aliphatic carbocycles. The summed E-state index contributed by atoms with van der Waals surface area (Å²) in [6.45, 7) is 5.56. The monoisotopic (exact) mass is 264 g/mol. The second-order valence-corrected chi connectivity index (χ2v) is 5.22. The maximum atomic E-state index is 10.4. The van der Waals surface area contributed by atoms with Crippen molar-refractivity contribution in [1.29, 1.82) is 0 Å². The average Bonchev–Trinajstić information content (AvgIpc) is 2.84. The van der Waals surface area contributed by atoms with Crippen molar-refractivity contribution in [3.05, 3.63) is 11.9 Å². The first-order valence-electron chi connectivity index (χ1n) is 7.22. The molecule has 1 fully saturated rings. The van der Waals surface area contributed by atoms with Gasteiger partial charge in [0, 0.05) is 18.7 Å². The lowest BCUT2D eigenvalue weighted by Gasteiger charge is -2.23. The molecule has 19 heavy (non-hydrogen) atoms. The first kappa shape index (κ1) is 14.1. The lowest BCUT2D eigenvalue weighted by molar-refractivity contribution is 0.0614. The minimum Gasteiger partial charge on any atom is -0.388 e. The quantitative estimate of drug-likeness (QED) is 0.734. The molecular weight excluding hydrogens is 240 g/mol. The highest BCUT2D eigenvalue weighted by Gasteiger charge is 2.31. The Morgan fingerprint density at radius 3 is 2.37 bits per heavy atom. The van der Waals surface area contributed by atoms with Gasteiger partial charge in [0.25, 0.3) is 0 Å². The Morgan fingerprint density at radius 1 is 1.16 bits per heavy atom. The van der Waals surface area contributed by atoms with Gasteiger partial charge in [0.2, 0.25) is 0 Å². The predicted molar refractivity (Wildman–Crippen MR) is 77.5 cm³/mol. The van der Waals surface area contributed by atoms with Gasteiger partial charge in [-0.2, -0.15) is 0 Å². The lowest BCUT2D eigenvalue weighted by atomic mass is 10.0. The summed E-state index contributed by atoms with van der Waals surface area (Å²) >= 11 is 0. The Balaban J connectivity index is 2.08. The van der Waals surface area contributed by atoms with Crippen molar-refractivity contribution >= 4 is 11.6 Å². The van der Waals surface area contributed by atoms with Gasteiger partial charge in [-0.1, -0.05) is 19.8 Å². The Labute approximate surface area is 114 Å². The zero-order valence-corrected chi connectivity index (χ0v) is 11.9. The van der Waals surface area contributed by atoms with Crippen LogP contribution in [0, 0.1) is 0 Å². The van der Waals surface area contributed by atoms with Crippen molar-refractivity contribution < 1.29 is 5.11 Å². The number of hydrogen-bond acceptors (Lipinski definition) is 5. The molecular formula is C14H24N4O. The number of hydrogen-bond donors (Lipinski definition) is 3. The molecule has 106 valence electrons. The van der Waals surface area contributed by atoms with Crippen LogP contribution in [0.3, 0.4) is 0 Å². The molecule has 0 aromatic carbocycles. The Morgan fingerprint density at radius 2 is 1.79 bits per heavy atom. The van der Waals surface area contributed by atoms with E-state index < -0.39 is 5.60 Å². The maximum Gasteiger partial charge on any atom is 0.134 e. The minimum atomic E-state index is -0.561. The van der Waals surface area contributed by atoms with Crippen LogP contribution in [0.1, 0.15) is 45.1 Å². The maximum absolute atomic E-state index is 10.4. The SMILES string of the molecule is CCNc1ncnc(NCC2(O)CCCC2)c1CC. The number of aliphatic hydroxyl groups is 1. The van der Waals surface area contributed by atoms with Gasteiger partial charge >= 0.3 is 0 Å². The van der Waals surface area contributed by atoms with Gasteiger partial charge < -0.3 is 15.7 Å². The molecule has 1 aromatic rings. The number of aromatic nitrogens is 2. The van der Waals surface area contributed by atoms with E-state index in [0.717, 1.165) is 55.8 Å². The van der Waals surface area contributed by atoms with E-state index in [2.05, 4.69) is 34.4 Å². The fourth-order valence-electron chi connectivity index (χ4n) is 2.68. The summed E-state index contributed by atoms with van der Waals surface area (Å²) in [4.78, 5) is 8.58. The summed E-state index contributed by atoms with van der Waals surface area (Å²) in [6.07, 6.45) is 6.43. The molecule has 0 saturated heterocycles. The molecule has 0 atom stereocenters. The van der Waals surface area contributed by atoms with E-state index in [1.54, 1.807) is 6.33 Å². The molecule has 0 unspecified atom stereocenters. The van der Waals surface area contributed by atoms with Crippen LogP contribution in [0.25, 0.3) is 0 Å². The van der Waals surface area contributed by atoms with Crippen LogP contribution in [0.5, 0.6) is 0 Å². The van der Waals surface area contributed by atoms with Crippen molar-refractivity contribution in [3.63, 3.8) is 0 Å². The van der Waals surface area contributed by atoms with E-state index in [-0.39, 0.29) is 0 Å². The Hall–Kier alpha value is -1.36. The van der Waals surface area contributed by atoms with Crippen molar-refractivity contribution in [3.8, 4) is 0 Å². The first-order valence-corrected chi connectivity index (χ1v) is 7.22. The molecule has 0 spiro atoms. The lowest BCUT2D eigenvalue weighted by Crippen LogP contribution is -2.34. The summed E-state index contributed by atoms with van der Waals surface area (Å²) in [6, 6.07) is 0. The third kappa shape index (κ3) is 3.35. The van der Waals surface area contributed by atoms with E-state index in [0.29, 0.717) is 6.54 Å². The van der Waals surface area contributed by atoms with Crippen molar-refractivity contribution in [2.24, 2.45) is 0 Å². The minimum absolute atomic E-state index is 0.561. The van der Waals surface area contributed by atoms with Crippen LogP contribution in [-0.4, -0.2) is 33.8 Å². The largest absolute Gasteiger partial charge is 0.388 e. The summed E-state index contributed by atoms with van der Waals surface area (Å²) in [5, 5.41) is 16.9. The molecule has 0 radical (unpaired) electrons. The van der Waals surface area contributed by atoms with Crippen LogP contribution in [0.15, 0.2) is 6.33 Å². The van der Waals surface area contributed by atoms with Gasteiger partial charge in [-0.3, -0.25) is 0 Å². The van der Waals surface area contributed by atoms with Crippen LogP contribution in [0.4, 0.5) is 11.6 Å². The number of nitrogens with zero attached hydrogens (tertiary/aromatic N) is 2. The third-order valence-electron chi connectivity index (χ3n) is 3.76. The Kier molecular flexibility index (Phi) is 4.58. The van der Waals surface area contributed by atoms with Crippen molar-refractivity contribution in [1.82, 2.24) is 9.97 Å². The second-order valence-electron chi connectivity index (χ2n) is 5.22. The van der Waals surface area contributed by atoms with Gasteiger partial charge in [-0.25, -0.2) is 9.97 Å². The second kappa shape index (κ2) is 6.19. The molecule has 1 aliphatic rings. The molecule has 5 nitrogen and oxygen atoms in total. The highest BCUT2D eigenvalue weighted by molar-refractivity contribution is 5.57. The molecule has 3 N–H and O–H groups in total. The molecule has 1 heterocycles. The van der Waals surface area contributed by atoms with Crippen LogP contribution in [-0.2, 0) is 6.42 Å². The van der Waals surface area contributed by atoms with Crippen LogP contribution in [0.2, 0.25) is 0 Å². The summed E-state index contributed by atoms with van der Waals surface area (Å²) in [7, 11) is 0. The standard InChI is InChI=1S/C14H24N4O/c1-3-11-12(15-4-2)17-10-18-13(11)16-9-14(19)7-5-6-8-14/h10,19H,3-9H2,1-2H3,(H2,15,16,17,18). The molecule has 0 amide bonds. The highest BCUT2D eigenvalue weighted by Crippen LogP contribution is 2.30. The molecule has 0 bridgehead atoms. The average molecular weight is 264 g/mol. The van der Waals surface area contributed by atoms with Crippen molar-refractivity contribution in [2.45, 2.75) is 51.6 Å². The summed E-state index contributed by atoms with van der Waals surface area (Å²) in [5.41, 5.74) is 0.528. The Bertz CT molecular complexity index is 416. The number of rotatable bonds is 6. The van der Waals surface area contributed by atoms with Gasteiger partial charge in [0.1, 0.15) is 18.0 Å². The highest BCUT2D eigenvalue weighted by atomic mass is 16.3. The predicted octanol–water partition coefficient (Wildman–Crippen LogP) is 2.19. The van der Waals surface area contributed by atoms with Crippen LogP contribution >= 0.6 is 0 Å². The normalized spacial score (nSPS) is 17.4. The van der Waals surface area contributed by atoms with E-state index >= 15 is 0 Å². The first-order chi connectivity index (χ1) is 9.18.